The zero-order valence-corrected chi connectivity index (χ0v) is 16.0. The number of fused-ring (bicyclic) bond motifs is 1. The maximum absolute atomic E-state index is 12.5. The summed E-state index contributed by atoms with van der Waals surface area (Å²) >= 11 is 0. The molecule has 7 atom stereocenters. The van der Waals surface area contributed by atoms with Gasteiger partial charge in [0.25, 0.3) is 0 Å². The SMILES string of the molecule is COC(=O)[C@H]1C[C@@H](O)CC[C@]1(C)[C@H]1CC[C@]2(C)C(=O)CC[C@H]2[C@@H]1C=NO. The van der Waals surface area contributed by atoms with Gasteiger partial charge in [-0.25, -0.2) is 0 Å². The molecule has 0 bridgehead atoms. The van der Waals surface area contributed by atoms with Crippen molar-refractivity contribution in [1.82, 2.24) is 0 Å². The Hall–Kier alpha value is -1.43. The summed E-state index contributed by atoms with van der Waals surface area (Å²) in [5.41, 5.74) is -0.696. The van der Waals surface area contributed by atoms with Crippen LogP contribution in [0.4, 0.5) is 0 Å². The van der Waals surface area contributed by atoms with Gasteiger partial charge in [0.1, 0.15) is 5.78 Å². The van der Waals surface area contributed by atoms with E-state index in [1.807, 2.05) is 6.92 Å². The Morgan fingerprint density at radius 3 is 2.62 bits per heavy atom. The first-order chi connectivity index (χ1) is 12.3. The number of methoxy groups -OCH3 is 1. The molecule has 6 nitrogen and oxygen atoms in total. The van der Waals surface area contributed by atoms with Crippen molar-refractivity contribution >= 4 is 18.0 Å². The van der Waals surface area contributed by atoms with Crippen LogP contribution in [0.25, 0.3) is 0 Å². The number of esters is 1. The van der Waals surface area contributed by atoms with E-state index in [1.165, 1.54) is 7.11 Å². The summed E-state index contributed by atoms with van der Waals surface area (Å²) in [7, 11) is 1.39. The maximum Gasteiger partial charge on any atom is 0.309 e. The summed E-state index contributed by atoms with van der Waals surface area (Å²) in [6, 6.07) is 0. The quantitative estimate of drug-likeness (QED) is 0.347. The summed E-state index contributed by atoms with van der Waals surface area (Å²) in [6.07, 6.45) is 5.91. The van der Waals surface area contributed by atoms with E-state index >= 15 is 0 Å². The Morgan fingerprint density at radius 2 is 1.96 bits per heavy atom. The van der Waals surface area contributed by atoms with Crippen LogP contribution in [0.5, 0.6) is 0 Å². The summed E-state index contributed by atoms with van der Waals surface area (Å²) in [6.45, 7) is 4.16. The van der Waals surface area contributed by atoms with Gasteiger partial charge >= 0.3 is 5.97 Å². The van der Waals surface area contributed by atoms with Crippen LogP contribution in [0, 0.1) is 34.5 Å². The van der Waals surface area contributed by atoms with Crippen LogP contribution < -0.4 is 0 Å². The fourth-order valence-electron chi connectivity index (χ4n) is 6.28. The summed E-state index contributed by atoms with van der Waals surface area (Å²) < 4.78 is 5.06. The predicted octanol–water partition coefficient (Wildman–Crippen LogP) is 2.80. The number of rotatable bonds is 3. The molecule has 0 aromatic carbocycles. The smallest absolute Gasteiger partial charge is 0.309 e. The third-order valence-electron chi connectivity index (χ3n) is 7.93. The molecule has 0 aromatic rings. The number of carbonyl (C=O) groups is 2. The number of ketones is 1. The summed E-state index contributed by atoms with van der Waals surface area (Å²) in [5, 5.41) is 22.8. The van der Waals surface area contributed by atoms with Crippen molar-refractivity contribution < 1.29 is 24.6 Å². The second-order valence-electron chi connectivity index (χ2n) is 8.98. The molecule has 3 saturated carbocycles. The minimum absolute atomic E-state index is 0.0439. The van der Waals surface area contributed by atoms with Crippen LogP contribution in [0.3, 0.4) is 0 Å². The number of carbonyl (C=O) groups excluding carboxylic acids is 2. The highest BCUT2D eigenvalue weighted by Crippen LogP contribution is 2.60. The van der Waals surface area contributed by atoms with Gasteiger partial charge in [-0.2, -0.15) is 0 Å². The fraction of sp³-hybridized carbons (Fsp3) is 0.850. The molecule has 0 radical (unpaired) electrons. The van der Waals surface area contributed by atoms with Gasteiger partial charge in [0.2, 0.25) is 0 Å². The lowest BCUT2D eigenvalue weighted by Crippen LogP contribution is -2.53. The molecule has 0 heterocycles. The van der Waals surface area contributed by atoms with Crippen molar-refractivity contribution in [2.24, 2.45) is 39.7 Å². The maximum atomic E-state index is 12.5. The average molecular weight is 365 g/mol. The highest BCUT2D eigenvalue weighted by atomic mass is 16.5. The lowest BCUT2D eigenvalue weighted by molar-refractivity contribution is -0.161. The molecule has 2 N–H and O–H groups in total. The number of hydrogen-bond acceptors (Lipinski definition) is 6. The van der Waals surface area contributed by atoms with Gasteiger partial charge in [-0.05, 0) is 55.8 Å². The number of hydrogen-bond donors (Lipinski definition) is 2. The molecule has 26 heavy (non-hydrogen) atoms. The normalized spacial score (nSPS) is 46.3. The minimum atomic E-state index is -0.487. The van der Waals surface area contributed by atoms with Crippen LogP contribution in [-0.4, -0.2) is 41.5 Å². The van der Waals surface area contributed by atoms with E-state index < -0.39 is 6.10 Å². The number of aliphatic hydroxyl groups excluding tert-OH is 1. The fourth-order valence-corrected chi connectivity index (χ4v) is 6.28. The highest BCUT2D eigenvalue weighted by Gasteiger charge is 2.59. The topological polar surface area (TPSA) is 96.2 Å². The van der Waals surface area contributed by atoms with E-state index in [0.29, 0.717) is 25.0 Å². The first kappa shape index (κ1) is 19.3. The van der Waals surface area contributed by atoms with Gasteiger partial charge in [0, 0.05) is 24.0 Å². The van der Waals surface area contributed by atoms with E-state index in [1.54, 1.807) is 6.21 Å². The van der Waals surface area contributed by atoms with E-state index in [2.05, 4.69) is 12.1 Å². The van der Waals surface area contributed by atoms with Gasteiger partial charge in [0.15, 0.2) is 0 Å². The zero-order chi connectivity index (χ0) is 19.1. The van der Waals surface area contributed by atoms with Gasteiger partial charge in [-0.3, -0.25) is 9.59 Å². The third-order valence-corrected chi connectivity index (χ3v) is 7.93. The van der Waals surface area contributed by atoms with Crippen molar-refractivity contribution in [2.45, 2.75) is 64.9 Å². The van der Waals surface area contributed by atoms with Crippen molar-refractivity contribution in [3.63, 3.8) is 0 Å². The number of Topliss-reactive ketones (excluding diaryl/α,β-unsaturated/α-hetero) is 1. The third kappa shape index (κ3) is 2.86. The van der Waals surface area contributed by atoms with Crippen molar-refractivity contribution in [1.29, 1.82) is 0 Å². The standard InChI is InChI=1S/C20H31NO5/c1-19(8-6-12(22)10-16(19)18(24)26-3)15-7-9-20(2)14(4-5-17(20)23)13(15)11-21-25/h11-16,22,25H,4-10H2,1-3H3/t12-,13-,14-,15-,16+,19+,20-/m0/s1. The van der Waals surface area contributed by atoms with Crippen LogP contribution in [0.15, 0.2) is 5.16 Å². The Bertz CT molecular complexity index is 605. The molecule has 3 fully saturated rings. The lowest BCUT2D eigenvalue weighted by Gasteiger charge is -2.54. The molecule has 0 saturated heterocycles. The molecule has 146 valence electrons. The molecular weight excluding hydrogens is 334 g/mol. The Kier molecular flexibility index (Phi) is 5.17. The highest BCUT2D eigenvalue weighted by molar-refractivity contribution is 5.88. The van der Waals surface area contributed by atoms with Crippen LogP contribution in [-0.2, 0) is 14.3 Å². The molecule has 6 heteroatoms. The van der Waals surface area contributed by atoms with E-state index in [-0.39, 0.29) is 40.5 Å². The molecule has 0 amide bonds. The second kappa shape index (κ2) is 6.95. The van der Waals surface area contributed by atoms with Crippen molar-refractivity contribution in [3.8, 4) is 0 Å². The van der Waals surface area contributed by atoms with Crippen molar-refractivity contribution in [2.75, 3.05) is 7.11 Å². The van der Waals surface area contributed by atoms with Crippen molar-refractivity contribution in [3.05, 3.63) is 0 Å². The number of oxime groups is 1. The molecule has 0 aliphatic heterocycles. The molecule has 0 aromatic heterocycles. The number of ether oxygens (including phenoxy) is 1. The van der Waals surface area contributed by atoms with E-state index in [4.69, 9.17) is 4.74 Å². The number of aliphatic hydroxyl groups is 1. The van der Waals surface area contributed by atoms with Gasteiger partial charge in [-0.15, -0.1) is 5.16 Å². The second-order valence-corrected chi connectivity index (χ2v) is 8.98. The van der Waals surface area contributed by atoms with E-state index in [0.717, 1.165) is 25.7 Å². The molecule has 0 unspecified atom stereocenters. The summed E-state index contributed by atoms with van der Waals surface area (Å²) in [4.78, 5) is 25.0. The largest absolute Gasteiger partial charge is 0.469 e. The summed E-state index contributed by atoms with van der Waals surface area (Å²) in [5.74, 6) is -0.117. The molecule has 0 spiro atoms. The van der Waals surface area contributed by atoms with Crippen LogP contribution in [0.2, 0.25) is 0 Å². The number of nitrogens with zero attached hydrogens (tertiary/aromatic N) is 1. The van der Waals surface area contributed by atoms with Gasteiger partial charge in [0.05, 0.1) is 19.1 Å². The molecule has 3 aliphatic rings. The first-order valence-corrected chi connectivity index (χ1v) is 9.74. The van der Waals surface area contributed by atoms with Gasteiger partial charge < -0.3 is 15.1 Å². The van der Waals surface area contributed by atoms with Gasteiger partial charge in [-0.1, -0.05) is 13.8 Å². The lowest BCUT2D eigenvalue weighted by atomic mass is 9.49. The first-order valence-electron chi connectivity index (χ1n) is 9.74. The zero-order valence-electron chi connectivity index (χ0n) is 16.0. The molecular formula is C20H31NO5. The van der Waals surface area contributed by atoms with E-state index in [9.17, 15) is 19.9 Å². The van der Waals surface area contributed by atoms with Crippen LogP contribution >= 0.6 is 0 Å². The Morgan fingerprint density at radius 1 is 1.23 bits per heavy atom. The molecule has 3 rings (SSSR count). The predicted molar refractivity (Wildman–Crippen MR) is 95.8 cm³/mol. The average Bonchev–Trinajstić information content (AvgIpc) is 2.92. The monoisotopic (exact) mass is 365 g/mol. The minimum Gasteiger partial charge on any atom is -0.469 e. The Balaban J connectivity index is 1.97. The van der Waals surface area contributed by atoms with Crippen LogP contribution in [0.1, 0.15) is 58.8 Å². The Labute approximate surface area is 155 Å². The molecule has 3 aliphatic carbocycles.